The molecular weight excluding hydrogens is 339 g/mol. The minimum atomic E-state index is -0.735. The Labute approximate surface area is 152 Å². The zero-order valence-electron chi connectivity index (χ0n) is 15.1. The molecule has 1 heterocycles. The highest BCUT2D eigenvalue weighted by Crippen LogP contribution is 2.10. The summed E-state index contributed by atoms with van der Waals surface area (Å²) in [6.07, 6.45) is 2.18. The maximum absolute atomic E-state index is 12.8. The molecule has 0 radical (unpaired) electrons. The first-order chi connectivity index (χ1) is 12.3. The zero-order chi connectivity index (χ0) is 19.2. The normalized spacial score (nSPS) is 11.1. The van der Waals surface area contributed by atoms with E-state index in [-0.39, 0.29) is 13.2 Å². The number of amides is 1. The molecule has 0 aliphatic carbocycles. The molecule has 0 unspecified atom stereocenters. The van der Waals surface area contributed by atoms with E-state index in [2.05, 4.69) is 0 Å². The van der Waals surface area contributed by atoms with Crippen molar-refractivity contribution >= 4 is 12.1 Å². The minimum absolute atomic E-state index is 0.0573. The molecule has 26 heavy (non-hydrogen) atoms. The molecule has 1 amide bonds. The fourth-order valence-electron chi connectivity index (χ4n) is 2.19. The van der Waals surface area contributed by atoms with Crippen molar-refractivity contribution in [3.63, 3.8) is 0 Å². The number of halogens is 1. The molecule has 7 heteroatoms. The van der Waals surface area contributed by atoms with Gasteiger partial charge in [-0.05, 0) is 32.4 Å². The number of hydrogen-bond donors (Lipinski definition) is 0. The predicted molar refractivity (Wildman–Crippen MR) is 94.8 cm³/mol. The number of nitrogens with zero attached hydrogens (tertiary/aromatic N) is 2. The Morgan fingerprint density at radius 2 is 1.81 bits per heavy atom. The van der Waals surface area contributed by atoms with Gasteiger partial charge in [-0.1, -0.05) is 30.3 Å². The van der Waals surface area contributed by atoms with Gasteiger partial charge in [0, 0.05) is 18.0 Å². The largest absolute Gasteiger partial charge is 0.459 e. The second kappa shape index (κ2) is 8.51. The van der Waals surface area contributed by atoms with Gasteiger partial charge in [-0.3, -0.25) is 9.47 Å². The Balaban J connectivity index is 2.11. The average Bonchev–Trinajstić information content (AvgIpc) is 3.06. The molecule has 0 bridgehead atoms. The fourth-order valence-corrected chi connectivity index (χ4v) is 2.19. The van der Waals surface area contributed by atoms with Gasteiger partial charge in [0.05, 0.1) is 0 Å². The van der Waals surface area contributed by atoms with Crippen LogP contribution in [0.1, 0.15) is 31.9 Å². The second-order valence-corrected chi connectivity index (χ2v) is 6.72. The van der Waals surface area contributed by atoms with E-state index in [0.29, 0.717) is 5.56 Å². The quantitative estimate of drug-likeness (QED) is 0.737. The summed E-state index contributed by atoms with van der Waals surface area (Å²) in [4.78, 5) is 24.6. The Morgan fingerprint density at radius 1 is 1.12 bits per heavy atom. The van der Waals surface area contributed by atoms with Crippen LogP contribution in [0.3, 0.4) is 0 Å². The average molecular weight is 362 g/mol. The summed E-state index contributed by atoms with van der Waals surface area (Å²) in [6, 6.07) is 10.7. The van der Waals surface area contributed by atoms with Crippen molar-refractivity contribution in [3.05, 3.63) is 59.9 Å². The van der Waals surface area contributed by atoms with Crippen LogP contribution in [0.4, 0.5) is 9.18 Å². The van der Waals surface area contributed by atoms with Crippen molar-refractivity contribution in [3.8, 4) is 0 Å². The summed E-state index contributed by atoms with van der Waals surface area (Å²) in [5, 5.41) is 1.07. The van der Waals surface area contributed by atoms with E-state index in [1.54, 1.807) is 20.8 Å². The third-order valence-corrected chi connectivity index (χ3v) is 3.29. The standard InChI is InChI=1S/C19H23FN2O4/c1-19(2,3)26-17(23)13-22(21-10-9-16(11-20)12-21)18(24)25-14-15-7-5-4-6-8-15/h4-10,12H,11,13-14H2,1-3H3. The van der Waals surface area contributed by atoms with Crippen LogP contribution in [0.5, 0.6) is 0 Å². The summed E-state index contributed by atoms with van der Waals surface area (Å²) in [7, 11) is 0. The van der Waals surface area contributed by atoms with Gasteiger partial charge in [0.2, 0.25) is 0 Å². The molecule has 0 aliphatic heterocycles. The van der Waals surface area contributed by atoms with Crippen LogP contribution in [0.15, 0.2) is 48.8 Å². The van der Waals surface area contributed by atoms with Crippen LogP contribution in [0.25, 0.3) is 0 Å². The Morgan fingerprint density at radius 3 is 2.38 bits per heavy atom. The lowest BCUT2D eigenvalue weighted by Gasteiger charge is -2.25. The van der Waals surface area contributed by atoms with Gasteiger partial charge in [-0.25, -0.2) is 14.2 Å². The molecule has 0 N–H and O–H groups in total. The molecule has 0 atom stereocenters. The molecule has 2 rings (SSSR count). The first kappa shape index (κ1) is 19.5. The van der Waals surface area contributed by atoms with Crippen LogP contribution < -0.4 is 5.01 Å². The maximum Gasteiger partial charge on any atom is 0.429 e. The minimum Gasteiger partial charge on any atom is -0.459 e. The first-order valence-corrected chi connectivity index (χ1v) is 8.21. The topological polar surface area (TPSA) is 60.8 Å². The summed E-state index contributed by atoms with van der Waals surface area (Å²) < 4.78 is 24.7. The molecule has 0 saturated carbocycles. The number of hydrogen-bond acceptors (Lipinski definition) is 4. The van der Waals surface area contributed by atoms with Crippen LogP contribution in [-0.4, -0.2) is 28.9 Å². The number of benzene rings is 1. The van der Waals surface area contributed by atoms with Gasteiger partial charge >= 0.3 is 12.1 Å². The van der Waals surface area contributed by atoms with Crippen LogP contribution in [0, 0.1) is 0 Å². The molecule has 0 aliphatic rings. The van der Waals surface area contributed by atoms with Gasteiger partial charge < -0.3 is 9.47 Å². The highest BCUT2D eigenvalue weighted by atomic mass is 19.1. The predicted octanol–water partition coefficient (Wildman–Crippen LogP) is 3.57. The van der Waals surface area contributed by atoms with Gasteiger partial charge in [0.25, 0.3) is 0 Å². The zero-order valence-corrected chi connectivity index (χ0v) is 15.1. The molecule has 2 aromatic rings. The summed E-state index contributed by atoms with van der Waals surface area (Å²) >= 11 is 0. The van der Waals surface area contributed by atoms with Crippen LogP contribution in [0.2, 0.25) is 0 Å². The van der Waals surface area contributed by atoms with E-state index in [1.807, 2.05) is 30.3 Å². The molecular formula is C19H23FN2O4. The van der Waals surface area contributed by atoms with Gasteiger partial charge in [-0.15, -0.1) is 0 Å². The number of esters is 1. The van der Waals surface area contributed by atoms with Crippen molar-refractivity contribution in [2.75, 3.05) is 11.6 Å². The van der Waals surface area contributed by atoms with Crippen LogP contribution >= 0.6 is 0 Å². The number of carbonyl (C=O) groups is 2. The fraction of sp³-hybridized carbons (Fsp3) is 0.368. The lowest BCUT2D eigenvalue weighted by atomic mass is 10.2. The molecule has 0 fully saturated rings. The van der Waals surface area contributed by atoms with Crippen molar-refractivity contribution in [2.24, 2.45) is 0 Å². The summed E-state index contributed by atoms with van der Waals surface area (Å²) in [6.45, 7) is 4.23. The van der Waals surface area contributed by atoms with E-state index in [1.165, 1.54) is 23.1 Å². The summed E-state index contributed by atoms with van der Waals surface area (Å²) in [5.74, 6) is -0.593. The Bertz CT molecular complexity index is 737. The Kier molecular flexibility index (Phi) is 6.38. The molecule has 140 valence electrons. The SMILES string of the molecule is CC(C)(C)OC(=O)CN(C(=O)OCc1ccccc1)n1ccc(CF)c1. The number of rotatable bonds is 6. The maximum atomic E-state index is 12.8. The monoisotopic (exact) mass is 362 g/mol. The third kappa shape index (κ3) is 5.91. The highest BCUT2D eigenvalue weighted by molar-refractivity contribution is 5.86. The molecule has 0 saturated heterocycles. The second-order valence-electron chi connectivity index (χ2n) is 6.72. The smallest absolute Gasteiger partial charge is 0.429 e. The van der Waals surface area contributed by atoms with Gasteiger partial charge in [-0.2, -0.15) is 0 Å². The Hall–Kier alpha value is -2.83. The highest BCUT2D eigenvalue weighted by Gasteiger charge is 2.24. The van der Waals surface area contributed by atoms with E-state index < -0.39 is 24.3 Å². The van der Waals surface area contributed by atoms with E-state index >= 15 is 0 Å². The molecule has 6 nitrogen and oxygen atoms in total. The number of aromatic nitrogens is 1. The summed E-state index contributed by atoms with van der Waals surface area (Å²) in [5.41, 5.74) is 0.516. The van der Waals surface area contributed by atoms with Crippen molar-refractivity contribution in [1.29, 1.82) is 0 Å². The molecule has 1 aromatic heterocycles. The van der Waals surface area contributed by atoms with Gasteiger partial charge in [0.1, 0.15) is 25.4 Å². The lowest BCUT2D eigenvalue weighted by Crippen LogP contribution is -2.45. The van der Waals surface area contributed by atoms with Crippen molar-refractivity contribution < 1.29 is 23.5 Å². The van der Waals surface area contributed by atoms with Crippen molar-refractivity contribution in [2.45, 2.75) is 39.7 Å². The lowest BCUT2D eigenvalue weighted by molar-refractivity contribution is -0.153. The number of ether oxygens (including phenoxy) is 2. The third-order valence-electron chi connectivity index (χ3n) is 3.29. The van der Waals surface area contributed by atoms with E-state index in [0.717, 1.165) is 10.6 Å². The van der Waals surface area contributed by atoms with Gasteiger partial charge in [0.15, 0.2) is 0 Å². The number of alkyl halides is 1. The van der Waals surface area contributed by atoms with Crippen LogP contribution in [-0.2, 0) is 27.5 Å². The molecule has 0 spiro atoms. The number of carbonyl (C=O) groups excluding carboxylic acids is 2. The van der Waals surface area contributed by atoms with E-state index in [4.69, 9.17) is 9.47 Å². The molecule has 1 aromatic carbocycles. The van der Waals surface area contributed by atoms with Crippen molar-refractivity contribution in [1.82, 2.24) is 4.68 Å². The van der Waals surface area contributed by atoms with E-state index in [9.17, 15) is 14.0 Å². The first-order valence-electron chi connectivity index (χ1n) is 8.21.